The molecule has 2 aromatic carbocycles. The molecule has 0 saturated carbocycles. The first-order chi connectivity index (χ1) is 17.4. The molecule has 1 aliphatic carbocycles. The topological polar surface area (TPSA) is 37.4 Å². The molecule has 3 nitrogen and oxygen atoms in total. The Morgan fingerprint density at radius 1 is 0.564 bits per heavy atom. The normalized spacial score (nSPS) is 15.3. The molecule has 214 valence electrons. The molecule has 0 aromatic heterocycles. The molecule has 2 aromatic rings. The predicted molar refractivity (Wildman–Crippen MR) is 104 cm³/mol. The lowest BCUT2D eigenvalue weighted by molar-refractivity contribution is -0.361. The van der Waals surface area contributed by atoms with Crippen molar-refractivity contribution in [1.29, 1.82) is 0 Å². The lowest BCUT2D eigenvalue weighted by Gasteiger charge is -2.36. The maximum absolute atomic E-state index is 14.9. The second kappa shape index (κ2) is 8.55. The molecule has 3 rings (SSSR count). The Hall–Kier alpha value is -3.40. The molecule has 39 heavy (non-hydrogen) atoms. The Kier molecular flexibility index (Phi) is 6.61. The molecular formula is C22H11F14NO2. The highest BCUT2D eigenvalue weighted by Crippen LogP contribution is 2.58. The van der Waals surface area contributed by atoms with Gasteiger partial charge < -0.3 is 4.90 Å². The molecule has 0 heterocycles. The predicted octanol–water partition coefficient (Wildman–Crippen LogP) is 7.11. The Labute approximate surface area is 208 Å². The second-order valence-electron chi connectivity index (χ2n) is 8.46. The maximum Gasteiger partial charge on any atom is 0.460 e. The SMILES string of the molecule is CN(C)c1c(C(F)(F)C(F)(F)C(F)(F)F)cc(C(F)(F)C(F)(F)C(F)(F)F)c2c1C(=O)c1ccccc1C2=O. The Morgan fingerprint density at radius 2 is 0.923 bits per heavy atom. The van der Waals surface area contributed by atoms with Crippen LogP contribution in [-0.4, -0.2) is 49.9 Å². The van der Waals surface area contributed by atoms with E-state index < -0.39 is 92.7 Å². The number of rotatable bonds is 5. The van der Waals surface area contributed by atoms with Crippen molar-refractivity contribution >= 4 is 17.3 Å². The molecule has 1 aliphatic rings. The van der Waals surface area contributed by atoms with Crippen molar-refractivity contribution < 1.29 is 71.1 Å². The van der Waals surface area contributed by atoms with Crippen molar-refractivity contribution in [1.82, 2.24) is 0 Å². The molecule has 0 saturated heterocycles. The zero-order valence-electron chi connectivity index (χ0n) is 18.9. The van der Waals surface area contributed by atoms with Crippen molar-refractivity contribution in [2.24, 2.45) is 0 Å². The van der Waals surface area contributed by atoms with Gasteiger partial charge in [0, 0.05) is 36.3 Å². The van der Waals surface area contributed by atoms with Gasteiger partial charge in [-0.25, -0.2) is 0 Å². The first-order valence-corrected chi connectivity index (χ1v) is 10.1. The average Bonchev–Trinajstić information content (AvgIpc) is 2.79. The summed E-state index contributed by atoms with van der Waals surface area (Å²) in [5.74, 6) is -31.3. The molecule has 0 aliphatic heterocycles. The Balaban J connectivity index is 2.64. The number of carbonyl (C=O) groups excluding carboxylic acids is 2. The van der Waals surface area contributed by atoms with Gasteiger partial charge in [-0.05, 0) is 6.07 Å². The molecule has 0 unspecified atom stereocenters. The highest BCUT2D eigenvalue weighted by molar-refractivity contribution is 6.31. The van der Waals surface area contributed by atoms with Crippen molar-refractivity contribution in [2.75, 3.05) is 19.0 Å². The molecule has 0 amide bonds. The molecule has 0 fully saturated rings. The fraction of sp³-hybridized carbons (Fsp3) is 0.364. The number of anilines is 1. The molecule has 0 bridgehead atoms. The zero-order chi connectivity index (χ0) is 30.3. The third-order valence-corrected chi connectivity index (χ3v) is 5.79. The summed E-state index contributed by atoms with van der Waals surface area (Å²) in [5.41, 5.74) is -13.1. The van der Waals surface area contributed by atoms with Crippen LogP contribution < -0.4 is 4.90 Å². The molecule has 0 spiro atoms. The number of hydrogen-bond acceptors (Lipinski definition) is 3. The summed E-state index contributed by atoms with van der Waals surface area (Å²) >= 11 is 0. The molecule has 0 radical (unpaired) electrons. The molecule has 0 atom stereocenters. The summed E-state index contributed by atoms with van der Waals surface area (Å²) in [6.07, 6.45) is -14.3. The van der Waals surface area contributed by atoms with Gasteiger partial charge in [-0.2, -0.15) is 61.5 Å². The van der Waals surface area contributed by atoms with Crippen LogP contribution in [0.1, 0.15) is 43.0 Å². The Morgan fingerprint density at radius 3 is 1.28 bits per heavy atom. The van der Waals surface area contributed by atoms with Crippen LogP contribution in [0.3, 0.4) is 0 Å². The Bertz CT molecular complexity index is 1360. The number of halogens is 14. The number of fused-ring (bicyclic) bond motifs is 2. The minimum Gasteiger partial charge on any atom is -0.377 e. The number of hydrogen-bond donors (Lipinski definition) is 0. The van der Waals surface area contributed by atoms with Crippen molar-refractivity contribution in [2.45, 2.75) is 36.0 Å². The third-order valence-electron chi connectivity index (χ3n) is 5.79. The lowest BCUT2D eigenvalue weighted by Crippen LogP contribution is -2.52. The van der Waals surface area contributed by atoms with Gasteiger partial charge in [0.15, 0.2) is 11.6 Å². The van der Waals surface area contributed by atoms with E-state index in [0.29, 0.717) is 14.1 Å². The molecule has 0 N–H and O–H groups in total. The maximum atomic E-state index is 14.9. The van der Waals surface area contributed by atoms with Crippen molar-refractivity contribution in [3.63, 3.8) is 0 Å². The summed E-state index contributed by atoms with van der Waals surface area (Å²) in [7, 11) is 1.25. The first kappa shape index (κ1) is 30.1. The van der Waals surface area contributed by atoms with E-state index in [1.54, 1.807) is 0 Å². The summed E-state index contributed by atoms with van der Waals surface area (Å²) < 4.78 is 193. The fourth-order valence-corrected chi connectivity index (χ4v) is 3.92. The number of ketones is 2. The van der Waals surface area contributed by atoms with E-state index in [1.807, 2.05) is 0 Å². The van der Waals surface area contributed by atoms with Crippen LogP contribution >= 0.6 is 0 Å². The van der Waals surface area contributed by atoms with Crippen LogP contribution in [0.5, 0.6) is 0 Å². The van der Waals surface area contributed by atoms with Crippen LogP contribution in [-0.2, 0) is 11.8 Å². The monoisotopic (exact) mass is 587 g/mol. The summed E-state index contributed by atoms with van der Waals surface area (Å²) in [6, 6.07) is 2.37. The van der Waals surface area contributed by atoms with Crippen LogP contribution in [0.25, 0.3) is 0 Å². The quantitative estimate of drug-likeness (QED) is 0.299. The minimum absolute atomic E-state index is 0.220. The van der Waals surface area contributed by atoms with Crippen molar-refractivity contribution in [3.8, 4) is 0 Å². The van der Waals surface area contributed by atoms with E-state index in [9.17, 15) is 71.1 Å². The highest BCUT2D eigenvalue weighted by Gasteiger charge is 2.76. The van der Waals surface area contributed by atoms with Gasteiger partial charge in [-0.3, -0.25) is 9.59 Å². The van der Waals surface area contributed by atoms with Gasteiger partial charge in [0.2, 0.25) is 0 Å². The van der Waals surface area contributed by atoms with Crippen LogP contribution in [0.2, 0.25) is 0 Å². The lowest BCUT2D eigenvalue weighted by atomic mass is 9.76. The average molecular weight is 587 g/mol. The van der Waals surface area contributed by atoms with E-state index >= 15 is 0 Å². The van der Waals surface area contributed by atoms with Gasteiger partial charge in [0.05, 0.1) is 16.8 Å². The number of nitrogens with zero attached hydrogens (tertiary/aromatic N) is 1. The molecule has 17 heteroatoms. The summed E-state index contributed by atoms with van der Waals surface area (Å²) in [5, 5.41) is 0. The number of benzene rings is 2. The standard InChI is InChI=1S/C22H11F14NO2/c1-37(2)14-11(18(25,26)20(29,30)22(34,35)36)7-10(17(23,24)19(27,28)21(31,32)33)12-13(14)16(39)9-6-4-3-5-8(9)15(12)38/h3-7H,1-2H3. The zero-order valence-corrected chi connectivity index (χ0v) is 18.9. The summed E-state index contributed by atoms with van der Waals surface area (Å²) in [4.78, 5) is 26.4. The van der Waals surface area contributed by atoms with Gasteiger partial charge in [-0.1, -0.05) is 24.3 Å². The van der Waals surface area contributed by atoms with Crippen LogP contribution in [0.4, 0.5) is 67.2 Å². The van der Waals surface area contributed by atoms with Crippen molar-refractivity contribution in [3.05, 3.63) is 63.7 Å². The van der Waals surface area contributed by atoms with E-state index in [0.717, 1.165) is 24.3 Å². The highest BCUT2D eigenvalue weighted by atomic mass is 19.4. The van der Waals surface area contributed by atoms with Gasteiger partial charge >= 0.3 is 36.0 Å². The number of carbonyl (C=O) groups is 2. The van der Waals surface area contributed by atoms with E-state index in [-0.39, 0.29) is 4.90 Å². The van der Waals surface area contributed by atoms with Gasteiger partial charge in [0.25, 0.3) is 0 Å². The third kappa shape index (κ3) is 4.02. The second-order valence-corrected chi connectivity index (χ2v) is 8.46. The van der Waals surface area contributed by atoms with Gasteiger partial charge in [-0.15, -0.1) is 0 Å². The largest absolute Gasteiger partial charge is 0.460 e. The smallest absolute Gasteiger partial charge is 0.377 e. The van der Waals surface area contributed by atoms with Crippen LogP contribution in [0, 0.1) is 0 Å². The van der Waals surface area contributed by atoms with Crippen LogP contribution in [0.15, 0.2) is 30.3 Å². The molecular weight excluding hydrogens is 576 g/mol. The van der Waals surface area contributed by atoms with E-state index in [1.165, 1.54) is 0 Å². The minimum atomic E-state index is -7.19. The number of alkyl halides is 14. The van der Waals surface area contributed by atoms with E-state index in [4.69, 9.17) is 0 Å². The summed E-state index contributed by atoms with van der Waals surface area (Å²) in [6.45, 7) is 0. The fourth-order valence-electron chi connectivity index (χ4n) is 3.92. The first-order valence-electron chi connectivity index (χ1n) is 10.1. The van der Waals surface area contributed by atoms with E-state index in [2.05, 4.69) is 0 Å². The van der Waals surface area contributed by atoms with Gasteiger partial charge in [0.1, 0.15) is 0 Å².